The second kappa shape index (κ2) is 6.87. The quantitative estimate of drug-likeness (QED) is 0.808. The zero-order valence-electron chi connectivity index (χ0n) is 12.1. The Labute approximate surface area is 121 Å². The molecule has 0 bridgehead atoms. The SMILES string of the molecule is c1ccc2cc(CNCCCN3CCCC3)ccc2c1. The minimum absolute atomic E-state index is 0.977. The van der Waals surface area contributed by atoms with Gasteiger partial charge in [0.15, 0.2) is 0 Å². The lowest BCUT2D eigenvalue weighted by Crippen LogP contribution is -2.24. The van der Waals surface area contributed by atoms with Gasteiger partial charge in [0, 0.05) is 6.54 Å². The van der Waals surface area contributed by atoms with Crippen LogP contribution < -0.4 is 5.32 Å². The van der Waals surface area contributed by atoms with Crippen LogP contribution in [0.25, 0.3) is 10.8 Å². The highest BCUT2D eigenvalue weighted by atomic mass is 15.1. The van der Waals surface area contributed by atoms with Gasteiger partial charge in [0.25, 0.3) is 0 Å². The summed E-state index contributed by atoms with van der Waals surface area (Å²) >= 11 is 0. The molecule has 3 rings (SSSR count). The molecule has 1 heterocycles. The maximum Gasteiger partial charge on any atom is 0.0205 e. The Bertz CT molecular complexity index is 544. The summed E-state index contributed by atoms with van der Waals surface area (Å²) in [5.41, 5.74) is 1.38. The van der Waals surface area contributed by atoms with E-state index < -0.39 is 0 Å². The van der Waals surface area contributed by atoms with E-state index in [1.807, 2.05) is 0 Å². The molecule has 20 heavy (non-hydrogen) atoms. The molecular weight excluding hydrogens is 244 g/mol. The van der Waals surface area contributed by atoms with Crippen molar-refractivity contribution in [2.45, 2.75) is 25.8 Å². The maximum atomic E-state index is 3.56. The first-order valence-corrected chi connectivity index (χ1v) is 7.82. The van der Waals surface area contributed by atoms with Crippen molar-refractivity contribution in [3.8, 4) is 0 Å². The van der Waals surface area contributed by atoms with E-state index in [4.69, 9.17) is 0 Å². The average molecular weight is 268 g/mol. The van der Waals surface area contributed by atoms with Gasteiger partial charge in [-0.2, -0.15) is 0 Å². The first-order chi connectivity index (χ1) is 9.92. The van der Waals surface area contributed by atoms with Gasteiger partial charge in [-0.05, 0) is 67.8 Å². The fourth-order valence-corrected chi connectivity index (χ4v) is 3.02. The summed E-state index contributed by atoms with van der Waals surface area (Å²) in [5, 5.41) is 6.22. The van der Waals surface area contributed by atoms with E-state index >= 15 is 0 Å². The Morgan fingerprint density at radius 2 is 1.75 bits per heavy atom. The Morgan fingerprint density at radius 1 is 0.950 bits per heavy atom. The Balaban J connectivity index is 1.42. The van der Waals surface area contributed by atoms with Crippen LogP contribution in [0.15, 0.2) is 42.5 Å². The van der Waals surface area contributed by atoms with Crippen molar-refractivity contribution in [3.63, 3.8) is 0 Å². The molecular formula is C18H24N2. The predicted octanol–water partition coefficient (Wildman–Crippen LogP) is 3.42. The third kappa shape index (κ3) is 3.59. The highest BCUT2D eigenvalue weighted by Crippen LogP contribution is 2.15. The summed E-state index contributed by atoms with van der Waals surface area (Å²) in [7, 11) is 0. The molecule has 0 spiro atoms. The molecule has 1 aliphatic heterocycles. The van der Waals surface area contributed by atoms with Crippen LogP contribution in [-0.4, -0.2) is 31.1 Å². The summed E-state index contributed by atoms with van der Waals surface area (Å²) in [5.74, 6) is 0. The van der Waals surface area contributed by atoms with Gasteiger partial charge in [0.2, 0.25) is 0 Å². The lowest BCUT2D eigenvalue weighted by Gasteiger charge is -2.14. The largest absolute Gasteiger partial charge is 0.313 e. The number of nitrogens with one attached hydrogen (secondary N) is 1. The van der Waals surface area contributed by atoms with Gasteiger partial charge in [0.1, 0.15) is 0 Å². The molecule has 0 amide bonds. The molecule has 0 atom stereocenters. The van der Waals surface area contributed by atoms with Gasteiger partial charge >= 0.3 is 0 Å². The zero-order valence-corrected chi connectivity index (χ0v) is 12.1. The molecule has 1 fully saturated rings. The molecule has 1 saturated heterocycles. The lowest BCUT2D eigenvalue weighted by molar-refractivity contribution is 0.331. The summed E-state index contributed by atoms with van der Waals surface area (Å²) in [6, 6.07) is 15.3. The lowest BCUT2D eigenvalue weighted by atomic mass is 10.1. The third-order valence-corrected chi connectivity index (χ3v) is 4.17. The van der Waals surface area contributed by atoms with E-state index in [9.17, 15) is 0 Å². The molecule has 1 aliphatic rings. The number of benzene rings is 2. The van der Waals surface area contributed by atoms with Crippen LogP contribution in [0.5, 0.6) is 0 Å². The summed E-state index contributed by atoms with van der Waals surface area (Å²) in [6.45, 7) is 5.97. The van der Waals surface area contributed by atoms with Crippen molar-refractivity contribution in [3.05, 3.63) is 48.0 Å². The third-order valence-electron chi connectivity index (χ3n) is 4.17. The Morgan fingerprint density at radius 3 is 2.60 bits per heavy atom. The van der Waals surface area contributed by atoms with Crippen LogP contribution in [0.4, 0.5) is 0 Å². The number of hydrogen-bond acceptors (Lipinski definition) is 2. The van der Waals surface area contributed by atoms with Gasteiger partial charge in [-0.1, -0.05) is 36.4 Å². The van der Waals surface area contributed by atoms with Crippen LogP contribution in [0.2, 0.25) is 0 Å². The van der Waals surface area contributed by atoms with Crippen molar-refractivity contribution < 1.29 is 0 Å². The minimum Gasteiger partial charge on any atom is -0.313 e. The van der Waals surface area contributed by atoms with Crippen LogP contribution in [-0.2, 0) is 6.54 Å². The fourth-order valence-electron chi connectivity index (χ4n) is 3.02. The van der Waals surface area contributed by atoms with Gasteiger partial charge in [0.05, 0.1) is 0 Å². The smallest absolute Gasteiger partial charge is 0.0205 e. The molecule has 0 aliphatic carbocycles. The predicted molar refractivity (Wildman–Crippen MR) is 85.9 cm³/mol. The van der Waals surface area contributed by atoms with Gasteiger partial charge in [-0.3, -0.25) is 0 Å². The number of fused-ring (bicyclic) bond motifs is 1. The standard InChI is InChI=1S/C18H24N2/c1-2-7-18-14-16(8-9-17(18)6-1)15-19-10-5-13-20-11-3-4-12-20/h1-2,6-9,14,19H,3-5,10-13,15H2. The zero-order chi connectivity index (χ0) is 13.6. The van der Waals surface area contributed by atoms with Crippen molar-refractivity contribution in [1.82, 2.24) is 10.2 Å². The second-order valence-corrected chi connectivity index (χ2v) is 5.76. The second-order valence-electron chi connectivity index (χ2n) is 5.76. The molecule has 2 nitrogen and oxygen atoms in total. The van der Waals surface area contributed by atoms with Crippen LogP contribution in [0.3, 0.4) is 0 Å². The van der Waals surface area contributed by atoms with Crippen molar-refractivity contribution in [1.29, 1.82) is 0 Å². The van der Waals surface area contributed by atoms with Crippen molar-refractivity contribution >= 4 is 10.8 Å². The fraction of sp³-hybridized carbons (Fsp3) is 0.444. The normalized spacial score (nSPS) is 16.0. The topological polar surface area (TPSA) is 15.3 Å². The molecule has 0 saturated carbocycles. The van der Waals surface area contributed by atoms with Gasteiger partial charge < -0.3 is 10.2 Å². The van der Waals surface area contributed by atoms with E-state index in [0.29, 0.717) is 0 Å². The minimum atomic E-state index is 0.977. The first kappa shape index (κ1) is 13.6. The molecule has 0 unspecified atom stereocenters. The van der Waals surface area contributed by atoms with E-state index in [1.165, 1.54) is 55.2 Å². The molecule has 106 valence electrons. The number of nitrogens with zero attached hydrogens (tertiary/aromatic N) is 1. The Kier molecular flexibility index (Phi) is 4.67. The van der Waals surface area contributed by atoms with Crippen molar-refractivity contribution in [2.75, 3.05) is 26.2 Å². The molecule has 1 N–H and O–H groups in total. The molecule has 2 aromatic rings. The van der Waals surface area contributed by atoms with E-state index in [-0.39, 0.29) is 0 Å². The van der Waals surface area contributed by atoms with Gasteiger partial charge in [-0.25, -0.2) is 0 Å². The monoisotopic (exact) mass is 268 g/mol. The van der Waals surface area contributed by atoms with Crippen molar-refractivity contribution in [2.24, 2.45) is 0 Å². The van der Waals surface area contributed by atoms with Crippen LogP contribution in [0.1, 0.15) is 24.8 Å². The van der Waals surface area contributed by atoms with E-state index in [0.717, 1.165) is 13.1 Å². The van der Waals surface area contributed by atoms with E-state index in [1.54, 1.807) is 0 Å². The van der Waals surface area contributed by atoms with E-state index in [2.05, 4.69) is 52.7 Å². The number of rotatable bonds is 6. The maximum absolute atomic E-state index is 3.56. The number of hydrogen-bond donors (Lipinski definition) is 1. The molecule has 0 radical (unpaired) electrons. The summed E-state index contributed by atoms with van der Waals surface area (Å²) in [6.07, 6.45) is 4.04. The first-order valence-electron chi connectivity index (χ1n) is 7.82. The summed E-state index contributed by atoms with van der Waals surface area (Å²) < 4.78 is 0. The highest BCUT2D eigenvalue weighted by molar-refractivity contribution is 5.82. The van der Waals surface area contributed by atoms with Crippen LogP contribution in [0, 0.1) is 0 Å². The van der Waals surface area contributed by atoms with Crippen LogP contribution >= 0.6 is 0 Å². The van der Waals surface area contributed by atoms with Gasteiger partial charge in [-0.15, -0.1) is 0 Å². The number of likely N-dealkylation sites (tertiary alicyclic amines) is 1. The molecule has 0 aromatic heterocycles. The molecule has 2 aromatic carbocycles. The average Bonchev–Trinajstić information content (AvgIpc) is 3.00. The Hall–Kier alpha value is -1.38. The summed E-state index contributed by atoms with van der Waals surface area (Å²) in [4.78, 5) is 2.58. The highest BCUT2D eigenvalue weighted by Gasteiger charge is 2.09. The molecule has 2 heteroatoms.